The van der Waals surface area contributed by atoms with Crippen LogP contribution in [0, 0.1) is 0 Å². The van der Waals surface area contributed by atoms with Gasteiger partial charge < -0.3 is 10.3 Å². The van der Waals surface area contributed by atoms with Crippen LogP contribution in [0.3, 0.4) is 0 Å². The number of hydrogen-bond donors (Lipinski definition) is 1. The van der Waals surface area contributed by atoms with E-state index in [0.717, 1.165) is 71.7 Å². The zero-order chi connectivity index (χ0) is 23.6. The summed E-state index contributed by atoms with van der Waals surface area (Å²) in [4.78, 5) is 16.9. The van der Waals surface area contributed by atoms with Crippen molar-refractivity contribution < 1.29 is 0 Å². The number of thiophene rings is 1. The summed E-state index contributed by atoms with van der Waals surface area (Å²) in [6.07, 6.45) is 6.30. The van der Waals surface area contributed by atoms with Crippen LogP contribution in [-0.4, -0.2) is 37.5 Å². The van der Waals surface area contributed by atoms with Gasteiger partial charge in [0, 0.05) is 60.3 Å². The normalized spacial score (nSPS) is 15.1. The van der Waals surface area contributed by atoms with Crippen LogP contribution in [0.5, 0.6) is 0 Å². The first-order valence-electron chi connectivity index (χ1n) is 12.1. The largest absolute Gasteiger partial charge is 0.334 e. The smallest absolute Gasteiger partial charge is 0.100 e. The zero-order valence-electron chi connectivity index (χ0n) is 19.5. The van der Waals surface area contributed by atoms with Gasteiger partial charge in [-0.1, -0.05) is 54.6 Å². The van der Waals surface area contributed by atoms with Gasteiger partial charge in [-0.25, -0.2) is 15.0 Å². The minimum absolute atomic E-state index is 0.501. The van der Waals surface area contributed by atoms with Crippen molar-refractivity contribution in [1.82, 2.24) is 24.4 Å². The third-order valence-electron chi connectivity index (χ3n) is 6.83. The topological polar surface area (TPSA) is 72.9 Å². The van der Waals surface area contributed by atoms with Crippen LogP contribution in [-0.2, 0) is 13.1 Å². The molecule has 0 aliphatic carbocycles. The molecule has 3 aromatic heterocycles. The lowest BCUT2D eigenvalue weighted by Gasteiger charge is -2.32. The molecule has 0 atom stereocenters. The molecular weight excluding hydrogens is 452 g/mol. The van der Waals surface area contributed by atoms with E-state index in [1.54, 1.807) is 11.3 Å². The number of nitrogens with two attached hydrogens (primary N) is 1. The molecule has 1 saturated heterocycles. The summed E-state index contributed by atoms with van der Waals surface area (Å²) in [6.45, 7) is 3.63. The Labute approximate surface area is 209 Å². The molecule has 7 heteroatoms. The van der Waals surface area contributed by atoms with E-state index in [0.29, 0.717) is 12.6 Å². The molecule has 0 radical (unpaired) electrons. The van der Waals surface area contributed by atoms with E-state index in [2.05, 4.69) is 79.9 Å². The predicted molar refractivity (Wildman–Crippen MR) is 142 cm³/mol. The summed E-state index contributed by atoms with van der Waals surface area (Å²) in [6, 6.07) is 19.7. The van der Waals surface area contributed by atoms with Gasteiger partial charge in [0.15, 0.2) is 0 Å². The SMILES string of the molecule is NCc1cn(C2CCN(Cc3ccc(-c4nc5cscc5nc4-c4ccccc4)cc3)CC2)cn1. The molecule has 6 rings (SSSR count). The van der Waals surface area contributed by atoms with E-state index in [1.165, 1.54) is 5.56 Å². The van der Waals surface area contributed by atoms with Crippen LogP contribution in [0.25, 0.3) is 33.5 Å². The molecule has 35 heavy (non-hydrogen) atoms. The van der Waals surface area contributed by atoms with Gasteiger partial charge in [0.2, 0.25) is 0 Å². The summed E-state index contributed by atoms with van der Waals surface area (Å²) in [5.41, 5.74) is 14.0. The maximum absolute atomic E-state index is 5.71. The van der Waals surface area contributed by atoms with Crippen molar-refractivity contribution in [3.8, 4) is 22.5 Å². The van der Waals surface area contributed by atoms with Crippen molar-refractivity contribution >= 4 is 22.4 Å². The summed E-state index contributed by atoms with van der Waals surface area (Å²) in [7, 11) is 0. The Morgan fingerprint density at radius 1 is 0.857 bits per heavy atom. The van der Waals surface area contributed by atoms with Crippen molar-refractivity contribution in [2.45, 2.75) is 32.0 Å². The Balaban J connectivity index is 1.18. The highest BCUT2D eigenvalue weighted by atomic mass is 32.1. The second-order valence-electron chi connectivity index (χ2n) is 9.15. The molecular formula is C28H28N6S. The first-order chi connectivity index (χ1) is 17.3. The second kappa shape index (κ2) is 9.70. The number of benzene rings is 2. The van der Waals surface area contributed by atoms with E-state index >= 15 is 0 Å². The molecule has 2 N–H and O–H groups in total. The van der Waals surface area contributed by atoms with Crippen molar-refractivity contribution in [3.05, 3.63) is 89.1 Å². The highest BCUT2D eigenvalue weighted by molar-refractivity contribution is 7.09. The van der Waals surface area contributed by atoms with Gasteiger partial charge >= 0.3 is 0 Å². The standard InChI is InChI=1S/C28H28N6S/c29-14-23-16-34(19-30-23)24-10-12-33(13-11-24)15-20-6-8-22(9-7-20)28-27(21-4-2-1-3-5-21)31-25-17-35-18-26(25)32-28/h1-9,16-19,24H,10-15,29H2. The summed E-state index contributed by atoms with van der Waals surface area (Å²) < 4.78 is 2.24. The van der Waals surface area contributed by atoms with Gasteiger partial charge in [-0.15, -0.1) is 11.3 Å². The van der Waals surface area contributed by atoms with E-state index in [1.807, 2.05) is 12.4 Å². The van der Waals surface area contributed by atoms with E-state index < -0.39 is 0 Å². The Hall–Kier alpha value is -3.39. The lowest BCUT2D eigenvalue weighted by atomic mass is 10.0. The van der Waals surface area contributed by atoms with Crippen LogP contribution in [0.15, 0.2) is 77.9 Å². The number of piperidine rings is 1. The molecule has 0 bridgehead atoms. The van der Waals surface area contributed by atoms with Crippen LogP contribution < -0.4 is 5.73 Å². The number of likely N-dealkylation sites (tertiary alicyclic amines) is 1. The Bertz CT molecular complexity index is 1420. The number of nitrogens with zero attached hydrogens (tertiary/aromatic N) is 5. The molecule has 0 unspecified atom stereocenters. The minimum atomic E-state index is 0.501. The van der Waals surface area contributed by atoms with E-state index in [4.69, 9.17) is 15.7 Å². The van der Waals surface area contributed by atoms with Crippen molar-refractivity contribution in [2.24, 2.45) is 5.73 Å². The van der Waals surface area contributed by atoms with Crippen molar-refractivity contribution in [3.63, 3.8) is 0 Å². The first kappa shape index (κ1) is 22.1. The summed E-state index contributed by atoms with van der Waals surface area (Å²) >= 11 is 1.64. The average Bonchev–Trinajstić information content (AvgIpc) is 3.59. The molecule has 0 amide bonds. The van der Waals surface area contributed by atoms with Gasteiger partial charge in [-0.2, -0.15) is 0 Å². The maximum Gasteiger partial charge on any atom is 0.100 e. The molecule has 0 spiro atoms. The highest BCUT2D eigenvalue weighted by Gasteiger charge is 2.21. The number of rotatable bonds is 6. The van der Waals surface area contributed by atoms with Gasteiger partial charge in [0.05, 0.1) is 23.4 Å². The molecule has 6 nitrogen and oxygen atoms in total. The molecule has 0 saturated carbocycles. The van der Waals surface area contributed by atoms with E-state index in [-0.39, 0.29) is 0 Å². The molecule has 5 aromatic rings. The monoisotopic (exact) mass is 480 g/mol. The lowest BCUT2D eigenvalue weighted by Crippen LogP contribution is -2.33. The predicted octanol–water partition coefficient (Wildman–Crippen LogP) is 5.52. The Kier molecular flexibility index (Phi) is 6.12. The lowest BCUT2D eigenvalue weighted by molar-refractivity contribution is 0.179. The van der Waals surface area contributed by atoms with Crippen LogP contribution in [0.4, 0.5) is 0 Å². The third kappa shape index (κ3) is 4.62. The average molecular weight is 481 g/mol. The fraction of sp³-hybridized carbons (Fsp3) is 0.250. The van der Waals surface area contributed by atoms with Gasteiger partial charge in [0.1, 0.15) is 11.0 Å². The van der Waals surface area contributed by atoms with Gasteiger partial charge in [-0.05, 0) is 18.4 Å². The summed E-state index contributed by atoms with van der Waals surface area (Å²) in [5.74, 6) is 0. The number of aromatic nitrogens is 4. The molecule has 1 aliphatic heterocycles. The van der Waals surface area contributed by atoms with Crippen molar-refractivity contribution in [2.75, 3.05) is 13.1 Å². The van der Waals surface area contributed by atoms with Crippen LogP contribution in [0.1, 0.15) is 30.1 Å². The number of hydrogen-bond acceptors (Lipinski definition) is 6. The number of imidazole rings is 1. The third-order valence-corrected chi connectivity index (χ3v) is 7.55. The second-order valence-corrected chi connectivity index (χ2v) is 9.89. The maximum atomic E-state index is 5.71. The number of fused-ring (bicyclic) bond motifs is 1. The first-order valence-corrected chi connectivity index (χ1v) is 13.0. The quantitative estimate of drug-likeness (QED) is 0.347. The minimum Gasteiger partial charge on any atom is -0.334 e. The summed E-state index contributed by atoms with van der Waals surface area (Å²) in [5, 5.41) is 4.13. The fourth-order valence-corrected chi connectivity index (χ4v) is 5.56. The van der Waals surface area contributed by atoms with Crippen LogP contribution in [0.2, 0.25) is 0 Å². The van der Waals surface area contributed by atoms with E-state index in [9.17, 15) is 0 Å². The Morgan fingerprint density at radius 3 is 2.14 bits per heavy atom. The fourth-order valence-electron chi connectivity index (χ4n) is 4.88. The van der Waals surface area contributed by atoms with Crippen LogP contribution >= 0.6 is 11.3 Å². The molecule has 2 aromatic carbocycles. The molecule has 1 fully saturated rings. The van der Waals surface area contributed by atoms with Gasteiger partial charge in [-0.3, -0.25) is 4.90 Å². The molecule has 4 heterocycles. The van der Waals surface area contributed by atoms with Crippen molar-refractivity contribution in [1.29, 1.82) is 0 Å². The Morgan fingerprint density at radius 2 is 1.51 bits per heavy atom. The molecule has 1 aliphatic rings. The highest BCUT2D eigenvalue weighted by Crippen LogP contribution is 2.32. The zero-order valence-corrected chi connectivity index (χ0v) is 20.4. The molecule has 176 valence electrons. The van der Waals surface area contributed by atoms with Gasteiger partial charge in [0.25, 0.3) is 0 Å².